The van der Waals surface area contributed by atoms with Crippen LogP contribution in [0.4, 0.5) is 11.4 Å². The number of nitrogens with one attached hydrogen (secondary N) is 1. The molecule has 0 saturated carbocycles. The monoisotopic (exact) mass is 344 g/mol. The van der Waals surface area contributed by atoms with Crippen molar-refractivity contribution in [2.75, 3.05) is 11.0 Å². The minimum absolute atomic E-state index is 0. The number of nitrogens with zero attached hydrogens (tertiary/aromatic N) is 1. The summed E-state index contributed by atoms with van der Waals surface area (Å²) in [6.45, 7) is 0. The van der Waals surface area contributed by atoms with Crippen molar-refractivity contribution in [2.45, 2.75) is 0 Å². The van der Waals surface area contributed by atoms with E-state index >= 15 is 0 Å². The Morgan fingerprint density at radius 3 is 2.32 bits per heavy atom. The van der Waals surface area contributed by atoms with Crippen LogP contribution in [0.1, 0.15) is 0 Å². The van der Waals surface area contributed by atoms with E-state index in [0.29, 0.717) is 5.75 Å². The van der Waals surface area contributed by atoms with E-state index in [9.17, 15) is 18.5 Å². The van der Waals surface area contributed by atoms with Crippen LogP contribution in [0.3, 0.4) is 0 Å². The van der Waals surface area contributed by atoms with E-state index in [4.69, 9.17) is 4.74 Å². The Balaban J connectivity index is 0.00000242. The first-order chi connectivity index (χ1) is 9.85. The molecule has 0 aliphatic rings. The van der Waals surface area contributed by atoms with E-state index < -0.39 is 14.9 Å². The lowest BCUT2D eigenvalue weighted by Gasteiger charge is -2.11. The molecule has 2 aromatic rings. The molecule has 0 aliphatic carbocycles. The first-order valence-corrected chi connectivity index (χ1v) is 7.73. The van der Waals surface area contributed by atoms with Gasteiger partial charge in [0.1, 0.15) is 5.75 Å². The van der Waals surface area contributed by atoms with Gasteiger partial charge in [-0.2, -0.15) is 0 Å². The van der Waals surface area contributed by atoms with Gasteiger partial charge >= 0.3 is 0 Å². The van der Waals surface area contributed by atoms with Crippen molar-refractivity contribution in [1.82, 2.24) is 0 Å². The minimum Gasteiger partial charge on any atom is -0.455 e. The molecule has 0 saturated heterocycles. The molecule has 1 N–H and O–H groups in total. The highest BCUT2D eigenvalue weighted by atomic mass is 35.5. The minimum atomic E-state index is -3.52. The zero-order chi connectivity index (χ0) is 15.5. The summed E-state index contributed by atoms with van der Waals surface area (Å²) in [4.78, 5) is 10.2. The molecule has 118 valence electrons. The summed E-state index contributed by atoms with van der Waals surface area (Å²) in [5, 5.41) is 10.8. The molecule has 2 aromatic carbocycles. The highest BCUT2D eigenvalue weighted by Crippen LogP contribution is 2.33. The van der Waals surface area contributed by atoms with Crippen molar-refractivity contribution >= 4 is 33.8 Å². The summed E-state index contributed by atoms with van der Waals surface area (Å²) in [5.74, 6) is 0.496. The first kappa shape index (κ1) is 17.7. The van der Waals surface area contributed by atoms with E-state index in [-0.39, 0.29) is 29.5 Å². The Bertz CT molecular complexity index is 765. The van der Waals surface area contributed by atoms with Crippen molar-refractivity contribution in [3.05, 3.63) is 58.6 Å². The summed E-state index contributed by atoms with van der Waals surface area (Å²) in [6, 6.07) is 12.2. The zero-order valence-corrected chi connectivity index (χ0v) is 13.1. The van der Waals surface area contributed by atoms with Crippen LogP contribution in [-0.4, -0.2) is 19.6 Å². The van der Waals surface area contributed by atoms with Crippen molar-refractivity contribution in [1.29, 1.82) is 0 Å². The average Bonchev–Trinajstić information content (AvgIpc) is 2.40. The lowest BCUT2D eigenvalue weighted by molar-refractivity contribution is -0.384. The van der Waals surface area contributed by atoms with Gasteiger partial charge in [-0.05, 0) is 18.2 Å². The van der Waals surface area contributed by atoms with Gasteiger partial charge in [0.05, 0.1) is 22.9 Å². The number of anilines is 1. The van der Waals surface area contributed by atoms with Gasteiger partial charge in [-0.3, -0.25) is 14.8 Å². The summed E-state index contributed by atoms with van der Waals surface area (Å²) >= 11 is 0. The van der Waals surface area contributed by atoms with E-state index in [1.165, 1.54) is 18.2 Å². The van der Waals surface area contributed by atoms with Gasteiger partial charge in [0.2, 0.25) is 10.0 Å². The molecule has 0 aromatic heterocycles. The normalized spacial score (nSPS) is 10.4. The maximum atomic E-state index is 11.3. The molecule has 0 amide bonds. The molecule has 0 bridgehead atoms. The lowest BCUT2D eigenvalue weighted by Crippen LogP contribution is -2.10. The second kappa shape index (κ2) is 7.10. The quantitative estimate of drug-likeness (QED) is 0.663. The van der Waals surface area contributed by atoms with Crippen LogP contribution < -0.4 is 9.46 Å². The predicted molar refractivity (Wildman–Crippen MR) is 85.3 cm³/mol. The lowest BCUT2D eigenvalue weighted by atomic mass is 10.2. The van der Waals surface area contributed by atoms with Crippen molar-refractivity contribution in [3.63, 3.8) is 0 Å². The number of nitro benzene ring substituents is 1. The molecular weight excluding hydrogens is 332 g/mol. The largest absolute Gasteiger partial charge is 0.455 e. The third kappa shape index (κ3) is 4.90. The third-order valence-corrected chi connectivity index (χ3v) is 3.03. The van der Waals surface area contributed by atoms with Gasteiger partial charge in [0, 0.05) is 6.07 Å². The molecule has 22 heavy (non-hydrogen) atoms. The second-order valence-electron chi connectivity index (χ2n) is 4.23. The van der Waals surface area contributed by atoms with Crippen LogP contribution in [-0.2, 0) is 10.0 Å². The average molecular weight is 345 g/mol. The van der Waals surface area contributed by atoms with Gasteiger partial charge in [-0.1, -0.05) is 18.2 Å². The number of para-hydroxylation sites is 1. The van der Waals surface area contributed by atoms with Gasteiger partial charge in [0.15, 0.2) is 5.75 Å². The zero-order valence-electron chi connectivity index (χ0n) is 11.4. The van der Waals surface area contributed by atoms with Crippen LogP contribution in [0.2, 0.25) is 0 Å². The molecule has 0 fully saturated rings. The number of sulfonamides is 1. The van der Waals surface area contributed by atoms with Crippen molar-refractivity contribution in [3.8, 4) is 11.5 Å². The van der Waals surface area contributed by atoms with Crippen molar-refractivity contribution < 1.29 is 18.1 Å². The molecule has 0 heterocycles. The van der Waals surface area contributed by atoms with Crippen LogP contribution in [0, 0.1) is 10.1 Å². The Hall–Kier alpha value is -2.32. The van der Waals surface area contributed by atoms with Crippen LogP contribution in [0.5, 0.6) is 11.5 Å². The molecule has 0 aliphatic heterocycles. The number of halogens is 1. The molecule has 9 heteroatoms. The first-order valence-electron chi connectivity index (χ1n) is 5.84. The Kier molecular flexibility index (Phi) is 5.72. The molecule has 7 nitrogen and oxygen atoms in total. The van der Waals surface area contributed by atoms with E-state index in [2.05, 4.69) is 4.72 Å². The fourth-order valence-corrected chi connectivity index (χ4v) is 2.18. The fourth-order valence-electron chi connectivity index (χ4n) is 1.61. The van der Waals surface area contributed by atoms with E-state index in [1.807, 2.05) is 0 Å². The number of nitro groups is 1. The molecule has 2 rings (SSSR count). The molecular formula is C13H13ClN2O5S. The van der Waals surface area contributed by atoms with E-state index in [0.717, 1.165) is 6.26 Å². The highest BCUT2D eigenvalue weighted by Gasteiger charge is 2.15. The number of non-ortho nitro benzene ring substituents is 1. The molecule has 0 radical (unpaired) electrons. The van der Waals surface area contributed by atoms with Gasteiger partial charge in [-0.15, -0.1) is 12.4 Å². The summed E-state index contributed by atoms with van der Waals surface area (Å²) in [6.07, 6.45) is 0.987. The number of benzene rings is 2. The van der Waals surface area contributed by atoms with Crippen LogP contribution in [0.25, 0.3) is 0 Å². The van der Waals surface area contributed by atoms with Gasteiger partial charge in [0.25, 0.3) is 5.69 Å². The number of hydrogen-bond acceptors (Lipinski definition) is 5. The number of ether oxygens (including phenoxy) is 1. The van der Waals surface area contributed by atoms with Crippen LogP contribution in [0.15, 0.2) is 48.5 Å². The van der Waals surface area contributed by atoms with Crippen LogP contribution >= 0.6 is 12.4 Å². The van der Waals surface area contributed by atoms with Gasteiger partial charge in [-0.25, -0.2) is 8.42 Å². The Labute approximate surface area is 133 Å². The highest BCUT2D eigenvalue weighted by molar-refractivity contribution is 7.92. The Morgan fingerprint density at radius 1 is 1.14 bits per heavy atom. The topological polar surface area (TPSA) is 98.5 Å². The summed E-state index contributed by atoms with van der Waals surface area (Å²) < 4.78 is 30.4. The summed E-state index contributed by atoms with van der Waals surface area (Å²) in [5.41, 5.74) is -0.0630. The van der Waals surface area contributed by atoms with Gasteiger partial charge < -0.3 is 4.74 Å². The Morgan fingerprint density at radius 2 is 1.77 bits per heavy atom. The number of hydrogen-bond donors (Lipinski definition) is 1. The fraction of sp³-hybridized carbons (Fsp3) is 0.0769. The maximum absolute atomic E-state index is 11.3. The molecule has 0 spiro atoms. The molecule has 0 atom stereocenters. The predicted octanol–water partition coefficient (Wildman–Crippen LogP) is 3.18. The third-order valence-electron chi connectivity index (χ3n) is 2.44. The SMILES string of the molecule is CS(=O)(=O)Nc1ccc([N+](=O)[O-])cc1Oc1ccccc1.Cl. The summed E-state index contributed by atoms with van der Waals surface area (Å²) in [7, 11) is -3.52. The van der Waals surface area contributed by atoms with Crippen molar-refractivity contribution in [2.24, 2.45) is 0 Å². The number of rotatable bonds is 5. The van der Waals surface area contributed by atoms with E-state index in [1.54, 1.807) is 30.3 Å². The molecule has 0 unspecified atom stereocenters. The maximum Gasteiger partial charge on any atom is 0.273 e. The standard InChI is InChI=1S/C13H12N2O5S.ClH/c1-21(18,19)14-12-8-7-10(15(16)17)9-13(12)20-11-5-3-2-4-6-11;/h2-9,14H,1H3;1H. The second-order valence-corrected chi connectivity index (χ2v) is 5.98. The smallest absolute Gasteiger partial charge is 0.273 e.